The number of phenolic OH excluding ortho intramolecular Hbond substituents is 1. The molecule has 0 aromatic heterocycles. The van der Waals surface area contributed by atoms with Gasteiger partial charge < -0.3 is 39.8 Å². The van der Waals surface area contributed by atoms with Gasteiger partial charge in [-0.3, -0.25) is 9.59 Å². The van der Waals surface area contributed by atoms with E-state index in [4.69, 9.17) is 29.4 Å². The highest BCUT2D eigenvalue weighted by Gasteiger charge is 2.33. The number of nitrogens with two attached hydrogens (primary N) is 1. The lowest BCUT2D eigenvalue weighted by molar-refractivity contribution is -0.120. The molecule has 7 atom stereocenters. The summed E-state index contributed by atoms with van der Waals surface area (Å²) in [6.07, 6.45) is 5.18. The minimum Gasteiger partial charge on any atom is -0.505 e. The standard InChI is InChI=1S/C32H46N2O9.3C2H6/c1-9-22-13-20(4)30(41-8)26(39-6)14-21(5)29(40-7)24-15-23(42-17-35)16-25(27(24)36)34-31(37)19(3)12-10-11-18(2)28(22)43-32(33)38;3*1-2/h10-13,15-18,20-21,26,28-30,36H,9,14H2,1-8H3,(H2,33,38)(H,34,37);3*1-2H3/b11-10-,19-12+,22-13+;;;. The SMILES string of the molecule is CC.CC.CC.CC/C1=C\C(C)C(OC)C(OC)CC(C)C(OC)c2cc(OC=O)cc(c2O)NC(=O)/C(C)=C/C=C\C(C)C1OC(N)=O. The molecule has 11 nitrogen and oxygen atoms in total. The summed E-state index contributed by atoms with van der Waals surface area (Å²) in [7, 11) is 4.72. The number of ether oxygens (including phenoxy) is 5. The number of methoxy groups -OCH3 is 3. The van der Waals surface area contributed by atoms with Gasteiger partial charge in [-0.05, 0) is 37.3 Å². The molecule has 0 saturated carbocycles. The molecule has 1 aliphatic rings. The third kappa shape index (κ3) is 14.8. The van der Waals surface area contributed by atoms with Gasteiger partial charge in [0.25, 0.3) is 12.4 Å². The predicted octanol–water partition coefficient (Wildman–Crippen LogP) is 8.28. The Labute approximate surface area is 295 Å². The fourth-order valence-corrected chi connectivity index (χ4v) is 5.56. The zero-order valence-corrected chi connectivity index (χ0v) is 32.3. The van der Waals surface area contributed by atoms with Crippen molar-refractivity contribution in [3.8, 4) is 11.5 Å². The molecule has 1 heterocycles. The fraction of sp³-hybridized carbons (Fsp3) is 0.605. The molecule has 0 radical (unpaired) electrons. The van der Waals surface area contributed by atoms with Crippen molar-refractivity contribution >= 4 is 24.2 Å². The molecule has 2 amide bonds. The van der Waals surface area contributed by atoms with Gasteiger partial charge in [-0.15, -0.1) is 0 Å². The zero-order chi connectivity index (χ0) is 38.3. The summed E-state index contributed by atoms with van der Waals surface area (Å²) in [4.78, 5) is 36.1. The smallest absolute Gasteiger partial charge is 0.405 e. The number of anilines is 1. The van der Waals surface area contributed by atoms with Gasteiger partial charge >= 0.3 is 6.09 Å². The van der Waals surface area contributed by atoms with Gasteiger partial charge in [0.2, 0.25) is 0 Å². The third-order valence-electron chi connectivity index (χ3n) is 7.78. The average Bonchev–Trinajstić information content (AvgIpc) is 3.10. The van der Waals surface area contributed by atoms with Crippen LogP contribution in [0.2, 0.25) is 0 Å². The van der Waals surface area contributed by atoms with Gasteiger partial charge in [0.15, 0.2) is 0 Å². The van der Waals surface area contributed by atoms with Crippen LogP contribution in [0.1, 0.15) is 101 Å². The van der Waals surface area contributed by atoms with Gasteiger partial charge in [-0.1, -0.05) is 93.5 Å². The van der Waals surface area contributed by atoms with Crippen molar-refractivity contribution in [3.05, 3.63) is 53.1 Å². The first-order valence-corrected chi connectivity index (χ1v) is 17.3. The molecule has 2 bridgehead atoms. The topological polar surface area (TPSA) is 156 Å². The summed E-state index contributed by atoms with van der Waals surface area (Å²) in [6.45, 7) is 21.7. The first-order chi connectivity index (χ1) is 23.4. The number of benzene rings is 1. The van der Waals surface area contributed by atoms with E-state index in [0.717, 1.165) is 5.57 Å². The van der Waals surface area contributed by atoms with Crippen LogP contribution in [-0.2, 0) is 28.5 Å². The molecule has 0 fully saturated rings. The molecule has 4 N–H and O–H groups in total. The molecular formula is C38H64N2O9. The Balaban J connectivity index is 0. The fourth-order valence-electron chi connectivity index (χ4n) is 5.56. The van der Waals surface area contributed by atoms with Crippen molar-refractivity contribution in [2.24, 2.45) is 23.5 Å². The highest BCUT2D eigenvalue weighted by Crippen LogP contribution is 2.42. The molecule has 1 aromatic carbocycles. The minimum absolute atomic E-state index is 0.0509. The first kappa shape index (κ1) is 47.4. The first-order valence-electron chi connectivity index (χ1n) is 17.3. The maximum absolute atomic E-state index is 13.1. The van der Waals surface area contributed by atoms with Crippen LogP contribution in [-0.4, -0.2) is 63.2 Å². The Bertz CT molecular complexity index is 1210. The molecule has 0 spiro atoms. The minimum atomic E-state index is -0.890. The van der Waals surface area contributed by atoms with Crippen molar-refractivity contribution in [3.63, 3.8) is 0 Å². The van der Waals surface area contributed by atoms with E-state index in [0.29, 0.717) is 24.0 Å². The Hall–Kier alpha value is -3.67. The molecule has 2 rings (SSSR count). The van der Waals surface area contributed by atoms with Crippen LogP contribution >= 0.6 is 0 Å². The van der Waals surface area contributed by atoms with Crippen LogP contribution in [0.4, 0.5) is 10.5 Å². The number of hydrogen-bond acceptors (Lipinski definition) is 9. The van der Waals surface area contributed by atoms with Gasteiger partial charge in [0.1, 0.15) is 17.6 Å². The molecule has 280 valence electrons. The normalized spacial score (nSPS) is 27.2. The van der Waals surface area contributed by atoms with Crippen molar-refractivity contribution in [2.75, 3.05) is 26.6 Å². The number of carbonyl (C=O) groups is 3. The van der Waals surface area contributed by atoms with Gasteiger partial charge in [-0.25, -0.2) is 4.79 Å². The second-order valence-electron chi connectivity index (χ2n) is 10.8. The van der Waals surface area contributed by atoms with E-state index in [1.807, 2.05) is 81.4 Å². The summed E-state index contributed by atoms with van der Waals surface area (Å²) in [5, 5.41) is 14.0. The molecule has 1 aromatic rings. The lowest BCUT2D eigenvalue weighted by Gasteiger charge is -2.33. The van der Waals surface area contributed by atoms with Crippen LogP contribution in [0.25, 0.3) is 0 Å². The molecular weight excluding hydrogens is 628 g/mol. The Morgan fingerprint density at radius 3 is 2.08 bits per heavy atom. The lowest BCUT2D eigenvalue weighted by atomic mass is 9.85. The Morgan fingerprint density at radius 1 is 0.980 bits per heavy atom. The number of nitrogens with one attached hydrogen (secondary N) is 1. The number of primary amides is 1. The van der Waals surface area contributed by atoms with Crippen molar-refractivity contribution in [1.82, 2.24) is 0 Å². The molecule has 11 heteroatoms. The maximum atomic E-state index is 13.1. The summed E-state index contributed by atoms with van der Waals surface area (Å²) in [5.74, 6) is -1.27. The number of allylic oxidation sites excluding steroid dienone is 2. The summed E-state index contributed by atoms with van der Waals surface area (Å²) < 4.78 is 28.4. The number of amides is 2. The zero-order valence-electron chi connectivity index (χ0n) is 32.3. The quantitative estimate of drug-likeness (QED) is 0.145. The highest BCUT2D eigenvalue weighted by atomic mass is 16.6. The second-order valence-corrected chi connectivity index (χ2v) is 10.8. The van der Waals surface area contributed by atoms with E-state index in [-0.39, 0.29) is 41.4 Å². The van der Waals surface area contributed by atoms with Crippen molar-refractivity contribution in [1.29, 1.82) is 0 Å². The van der Waals surface area contributed by atoms with E-state index in [9.17, 15) is 19.5 Å². The van der Waals surface area contributed by atoms with E-state index in [1.54, 1.807) is 33.3 Å². The summed E-state index contributed by atoms with van der Waals surface area (Å²) in [6, 6.07) is 2.87. The van der Waals surface area contributed by atoms with E-state index in [2.05, 4.69) is 5.32 Å². The molecule has 0 saturated heterocycles. The number of phenols is 1. The van der Waals surface area contributed by atoms with Crippen LogP contribution in [0, 0.1) is 17.8 Å². The number of rotatable bonds is 7. The number of aromatic hydroxyl groups is 1. The van der Waals surface area contributed by atoms with Crippen molar-refractivity contribution in [2.45, 2.75) is 113 Å². The van der Waals surface area contributed by atoms with E-state index in [1.165, 1.54) is 19.2 Å². The number of fused-ring (bicyclic) bond motifs is 2. The van der Waals surface area contributed by atoms with E-state index < -0.39 is 36.4 Å². The van der Waals surface area contributed by atoms with Gasteiger partial charge in [0, 0.05) is 50.4 Å². The molecule has 1 aliphatic heterocycles. The second kappa shape index (κ2) is 26.2. The van der Waals surface area contributed by atoms with Crippen LogP contribution in [0.15, 0.2) is 47.6 Å². The molecule has 0 aliphatic carbocycles. The predicted molar refractivity (Wildman–Crippen MR) is 197 cm³/mol. The van der Waals surface area contributed by atoms with Gasteiger partial charge in [-0.2, -0.15) is 0 Å². The number of carbonyl (C=O) groups excluding carboxylic acids is 3. The average molecular weight is 693 g/mol. The molecule has 49 heavy (non-hydrogen) atoms. The molecule has 7 unspecified atom stereocenters. The maximum Gasteiger partial charge on any atom is 0.405 e. The highest BCUT2D eigenvalue weighted by molar-refractivity contribution is 6.04. The summed E-state index contributed by atoms with van der Waals surface area (Å²) in [5.41, 5.74) is 7.02. The summed E-state index contributed by atoms with van der Waals surface area (Å²) >= 11 is 0. The largest absolute Gasteiger partial charge is 0.505 e. The van der Waals surface area contributed by atoms with E-state index >= 15 is 0 Å². The van der Waals surface area contributed by atoms with Crippen LogP contribution in [0.5, 0.6) is 11.5 Å². The van der Waals surface area contributed by atoms with Crippen LogP contribution < -0.4 is 15.8 Å². The van der Waals surface area contributed by atoms with Crippen molar-refractivity contribution < 1.29 is 43.2 Å². The lowest BCUT2D eigenvalue weighted by Crippen LogP contribution is -2.37. The Morgan fingerprint density at radius 2 is 1.59 bits per heavy atom. The van der Waals surface area contributed by atoms with Gasteiger partial charge in [0.05, 0.1) is 24.0 Å². The number of hydrogen-bond donors (Lipinski definition) is 3. The third-order valence-corrected chi connectivity index (χ3v) is 7.78. The Kier molecular flexibility index (Phi) is 25.4. The monoisotopic (exact) mass is 692 g/mol. The van der Waals surface area contributed by atoms with Crippen LogP contribution in [0.3, 0.4) is 0 Å².